The maximum atomic E-state index is 6.26. The number of nitrogens with two attached hydrogens (primary N) is 1. The van der Waals surface area contributed by atoms with Crippen molar-refractivity contribution in [1.82, 2.24) is 4.90 Å². The molecule has 0 spiro atoms. The van der Waals surface area contributed by atoms with E-state index in [0.29, 0.717) is 6.10 Å². The van der Waals surface area contributed by atoms with Gasteiger partial charge < -0.3 is 10.5 Å². The molecule has 0 radical (unpaired) electrons. The van der Waals surface area contributed by atoms with E-state index in [9.17, 15) is 0 Å². The van der Waals surface area contributed by atoms with Crippen molar-refractivity contribution in [3.05, 3.63) is 34.3 Å². The molecule has 0 amide bonds. The lowest BCUT2D eigenvalue weighted by molar-refractivity contribution is -0.0302. The molecule has 0 bridgehead atoms. The van der Waals surface area contributed by atoms with Crippen LogP contribution >= 0.6 is 15.9 Å². The van der Waals surface area contributed by atoms with Crippen LogP contribution in [-0.4, -0.2) is 37.2 Å². The Morgan fingerprint density at radius 2 is 2.16 bits per heavy atom. The van der Waals surface area contributed by atoms with Gasteiger partial charge in [-0.05, 0) is 30.5 Å². The third kappa shape index (κ3) is 4.56. The first-order chi connectivity index (χ1) is 9.19. The minimum Gasteiger partial charge on any atom is -0.376 e. The van der Waals surface area contributed by atoms with Crippen LogP contribution in [0.3, 0.4) is 0 Å². The topological polar surface area (TPSA) is 38.5 Å². The smallest absolute Gasteiger partial charge is 0.0700 e. The van der Waals surface area contributed by atoms with E-state index < -0.39 is 0 Å². The Hall–Kier alpha value is -0.420. The van der Waals surface area contributed by atoms with Crippen LogP contribution in [0.1, 0.15) is 31.4 Å². The zero-order valence-corrected chi connectivity index (χ0v) is 13.1. The third-order valence-electron chi connectivity index (χ3n) is 3.73. The van der Waals surface area contributed by atoms with Crippen LogP contribution in [0.15, 0.2) is 28.7 Å². The van der Waals surface area contributed by atoms with E-state index in [0.717, 1.165) is 43.6 Å². The standard InChI is InChI=1S/C15H23BrN2O/c1-2-14-11-18(9-10-19-14)8-7-15(17)12-3-5-13(16)6-4-12/h3-6,14-15H,2,7-11,17H2,1H3. The minimum absolute atomic E-state index is 0.121. The van der Waals surface area contributed by atoms with Gasteiger partial charge in [0, 0.05) is 30.1 Å². The quantitative estimate of drug-likeness (QED) is 0.904. The fourth-order valence-electron chi connectivity index (χ4n) is 2.43. The van der Waals surface area contributed by atoms with Crippen LogP contribution in [-0.2, 0) is 4.74 Å². The third-order valence-corrected chi connectivity index (χ3v) is 4.26. The van der Waals surface area contributed by atoms with Crippen molar-refractivity contribution in [3.63, 3.8) is 0 Å². The van der Waals surface area contributed by atoms with Gasteiger partial charge in [0.25, 0.3) is 0 Å². The van der Waals surface area contributed by atoms with Gasteiger partial charge >= 0.3 is 0 Å². The van der Waals surface area contributed by atoms with Crippen molar-refractivity contribution in [2.24, 2.45) is 5.73 Å². The fourth-order valence-corrected chi connectivity index (χ4v) is 2.69. The number of benzene rings is 1. The van der Waals surface area contributed by atoms with Crippen molar-refractivity contribution in [2.45, 2.75) is 31.9 Å². The van der Waals surface area contributed by atoms with Gasteiger partial charge in [-0.3, -0.25) is 4.90 Å². The Bertz CT molecular complexity index is 382. The van der Waals surface area contributed by atoms with Gasteiger partial charge in [-0.1, -0.05) is 35.0 Å². The highest BCUT2D eigenvalue weighted by molar-refractivity contribution is 9.10. The second-order valence-electron chi connectivity index (χ2n) is 5.15. The molecule has 2 unspecified atom stereocenters. The van der Waals surface area contributed by atoms with Crippen molar-refractivity contribution >= 4 is 15.9 Å². The molecule has 19 heavy (non-hydrogen) atoms. The molecular weight excluding hydrogens is 304 g/mol. The maximum Gasteiger partial charge on any atom is 0.0700 e. The Morgan fingerprint density at radius 1 is 1.42 bits per heavy atom. The van der Waals surface area contributed by atoms with Gasteiger partial charge in [0.2, 0.25) is 0 Å². The molecular formula is C15H23BrN2O. The Balaban J connectivity index is 1.79. The first-order valence-corrected chi connectivity index (χ1v) is 7.83. The molecule has 0 saturated carbocycles. The number of nitrogens with zero attached hydrogens (tertiary/aromatic N) is 1. The second kappa shape index (κ2) is 7.39. The molecule has 1 aromatic rings. The molecule has 106 valence electrons. The summed E-state index contributed by atoms with van der Waals surface area (Å²) in [7, 11) is 0. The number of ether oxygens (including phenoxy) is 1. The lowest BCUT2D eigenvalue weighted by Gasteiger charge is -2.33. The van der Waals surface area contributed by atoms with E-state index >= 15 is 0 Å². The lowest BCUT2D eigenvalue weighted by Crippen LogP contribution is -2.43. The molecule has 2 atom stereocenters. The van der Waals surface area contributed by atoms with Gasteiger partial charge in [0.1, 0.15) is 0 Å². The van der Waals surface area contributed by atoms with E-state index in [2.05, 4.69) is 52.0 Å². The van der Waals surface area contributed by atoms with E-state index in [1.807, 2.05) is 0 Å². The molecule has 0 aliphatic carbocycles. The molecule has 1 saturated heterocycles. The highest BCUT2D eigenvalue weighted by Crippen LogP contribution is 2.18. The summed E-state index contributed by atoms with van der Waals surface area (Å²) in [5.74, 6) is 0. The Kier molecular flexibility index (Phi) is 5.82. The Morgan fingerprint density at radius 3 is 2.84 bits per heavy atom. The minimum atomic E-state index is 0.121. The molecule has 1 aliphatic rings. The fraction of sp³-hybridized carbons (Fsp3) is 0.600. The van der Waals surface area contributed by atoms with Crippen LogP contribution in [0.25, 0.3) is 0 Å². The predicted molar refractivity (Wildman–Crippen MR) is 82.2 cm³/mol. The summed E-state index contributed by atoms with van der Waals surface area (Å²) in [5, 5.41) is 0. The lowest BCUT2D eigenvalue weighted by atomic mass is 10.0. The molecule has 1 aliphatic heterocycles. The summed E-state index contributed by atoms with van der Waals surface area (Å²) in [4.78, 5) is 2.47. The highest BCUT2D eigenvalue weighted by Gasteiger charge is 2.19. The first-order valence-electron chi connectivity index (χ1n) is 7.04. The van der Waals surface area contributed by atoms with E-state index in [4.69, 9.17) is 10.5 Å². The average molecular weight is 327 g/mol. The molecule has 2 N–H and O–H groups in total. The van der Waals surface area contributed by atoms with Crippen molar-refractivity contribution in [3.8, 4) is 0 Å². The highest BCUT2D eigenvalue weighted by atomic mass is 79.9. The molecule has 1 fully saturated rings. The summed E-state index contributed by atoms with van der Waals surface area (Å²) in [6, 6.07) is 8.43. The van der Waals surface area contributed by atoms with Gasteiger partial charge in [-0.15, -0.1) is 0 Å². The van der Waals surface area contributed by atoms with E-state index in [1.54, 1.807) is 0 Å². The number of hydrogen-bond acceptors (Lipinski definition) is 3. The summed E-state index contributed by atoms with van der Waals surface area (Å²) in [6.07, 6.45) is 2.49. The Labute approximate surface area is 124 Å². The van der Waals surface area contributed by atoms with Crippen LogP contribution < -0.4 is 5.73 Å². The van der Waals surface area contributed by atoms with Gasteiger partial charge in [0.05, 0.1) is 12.7 Å². The van der Waals surface area contributed by atoms with Crippen LogP contribution in [0.2, 0.25) is 0 Å². The zero-order valence-electron chi connectivity index (χ0n) is 11.5. The summed E-state index contributed by atoms with van der Waals surface area (Å²) in [5.41, 5.74) is 7.47. The van der Waals surface area contributed by atoms with E-state index in [-0.39, 0.29) is 6.04 Å². The summed E-state index contributed by atoms with van der Waals surface area (Å²) < 4.78 is 6.78. The molecule has 2 rings (SSSR count). The first kappa shape index (κ1) is 15.0. The SMILES string of the molecule is CCC1CN(CCC(N)c2ccc(Br)cc2)CCO1. The number of morpholine rings is 1. The molecule has 0 aromatic heterocycles. The monoisotopic (exact) mass is 326 g/mol. The van der Waals surface area contributed by atoms with Crippen LogP contribution in [0.5, 0.6) is 0 Å². The van der Waals surface area contributed by atoms with Crippen molar-refractivity contribution in [1.29, 1.82) is 0 Å². The van der Waals surface area contributed by atoms with Crippen LogP contribution in [0, 0.1) is 0 Å². The number of hydrogen-bond donors (Lipinski definition) is 1. The largest absolute Gasteiger partial charge is 0.376 e. The van der Waals surface area contributed by atoms with Crippen LogP contribution in [0.4, 0.5) is 0 Å². The molecule has 1 heterocycles. The summed E-state index contributed by atoms with van der Waals surface area (Å²) in [6.45, 7) is 6.16. The molecule has 3 nitrogen and oxygen atoms in total. The second-order valence-corrected chi connectivity index (χ2v) is 6.06. The molecule has 4 heteroatoms. The summed E-state index contributed by atoms with van der Waals surface area (Å²) >= 11 is 3.45. The normalized spacial score (nSPS) is 22.4. The number of rotatable bonds is 5. The predicted octanol–water partition coefficient (Wildman–Crippen LogP) is 2.95. The zero-order chi connectivity index (χ0) is 13.7. The maximum absolute atomic E-state index is 6.26. The van der Waals surface area contributed by atoms with Gasteiger partial charge in [-0.25, -0.2) is 0 Å². The number of halogens is 1. The van der Waals surface area contributed by atoms with Crippen molar-refractivity contribution < 1.29 is 4.74 Å². The molecule has 1 aromatic carbocycles. The van der Waals surface area contributed by atoms with Gasteiger partial charge in [0.15, 0.2) is 0 Å². The van der Waals surface area contributed by atoms with Crippen molar-refractivity contribution in [2.75, 3.05) is 26.2 Å². The van der Waals surface area contributed by atoms with E-state index in [1.165, 1.54) is 5.56 Å². The average Bonchev–Trinajstić information content (AvgIpc) is 2.46. The van der Waals surface area contributed by atoms with Gasteiger partial charge in [-0.2, -0.15) is 0 Å².